The zero-order chi connectivity index (χ0) is 4.71. The molecule has 0 atom stereocenters. The van der Waals surface area contributed by atoms with Crippen molar-refractivity contribution in [3.63, 3.8) is 0 Å². The Labute approximate surface area is 66.2 Å². The molecule has 0 aromatic heterocycles. The molecule has 0 amide bonds. The molecule has 0 saturated heterocycles. The Bertz CT molecular complexity index is 10.8. The summed E-state index contributed by atoms with van der Waals surface area (Å²) in [4.78, 5) is 0. The molecule has 6 heavy (non-hydrogen) atoms. The molecule has 0 aliphatic heterocycles. The molecule has 33 valence electrons. The Morgan fingerprint density at radius 2 is 1.33 bits per heavy atom. The fourth-order valence-corrected chi connectivity index (χ4v) is 0. The summed E-state index contributed by atoms with van der Waals surface area (Å²) in [6.07, 6.45) is 2.00. The van der Waals surface area contributed by atoms with Crippen molar-refractivity contribution in [3.8, 4) is 0 Å². The van der Waals surface area contributed by atoms with Gasteiger partial charge in [-0.25, -0.2) is 11.9 Å². The summed E-state index contributed by atoms with van der Waals surface area (Å²) >= 11 is 3.39. The quantitative estimate of drug-likeness (QED) is 0.329. The van der Waals surface area contributed by atoms with E-state index in [1.807, 2.05) is 20.3 Å². The van der Waals surface area contributed by atoms with Crippen LogP contribution in [0.3, 0.4) is 0 Å². The fraction of sp³-hybridized carbons (Fsp3) is 0.667. The third kappa shape index (κ3) is 60.7. The van der Waals surface area contributed by atoms with E-state index in [0.717, 1.165) is 0 Å². The van der Waals surface area contributed by atoms with Crippen LogP contribution in [-0.4, -0.2) is 0 Å². The van der Waals surface area contributed by atoms with E-state index in [1.54, 1.807) is 0 Å². The Balaban J connectivity index is -0.0000000275. The third-order valence-electron chi connectivity index (χ3n) is 0. The Hall–Kier alpha value is 1.25. The van der Waals surface area contributed by atoms with E-state index in [-0.39, 0.29) is 29.6 Å². The molecular weight excluding hydrogens is 110 g/mol. The standard InChI is InChI=1S/C3H7.ClO.Na/c1-3-2;1-2;/h3H,1-2H3;;/q;-1;+1. The van der Waals surface area contributed by atoms with E-state index in [1.165, 1.54) is 0 Å². The number of rotatable bonds is 0. The van der Waals surface area contributed by atoms with Crippen molar-refractivity contribution in [2.24, 2.45) is 0 Å². The van der Waals surface area contributed by atoms with Crippen LogP contribution < -0.4 is 34.2 Å². The Kier molecular flexibility index (Phi) is 88.9. The van der Waals surface area contributed by atoms with Gasteiger partial charge < -0.3 is 4.66 Å². The molecule has 0 aromatic carbocycles. The van der Waals surface area contributed by atoms with Gasteiger partial charge in [-0.3, -0.25) is 0 Å². The number of halogens is 1. The first-order chi connectivity index (χ1) is 2.41. The predicted molar refractivity (Wildman–Crippen MR) is 21.5 cm³/mol. The van der Waals surface area contributed by atoms with Crippen molar-refractivity contribution in [2.75, 3.05) is 0 Å². The van der Waals surface area contributed by atoms with Gasteiger partial charge in [0, 0.05) is 0 Å². The molecule has 0 rings (SSSR count). The van der Waals surface area contributed by atoms with Gasteiger partial charge in [0.1, 0.15) is 0 Å². The minimum atomic E-state index is 0. The number of hydrogen-bond donors (Lipinski definition) is 0. The van der Waals surface area contributed by atoms with Crippen molar-refractivity contribution in [1.82, 2.24) is 0 Å². The van der Waals surface area contributed by atoms with E-state index in [0.29, 0.717) is 0 Å². The van der Waals surface area contributed by atoms with Crippen LogP contribution in [0.1, 0.15) is 13.8 Å². The molecule has 0 bridgehead atoms. The summed E-state index contributed by atoms with van der Waals surface area (Å²) in [5.41, 5.74) is 0. The van der Waals surface area contributed by atoms with Crippen LogP contribution >= 0.6 is 11.9 Å². The van der Waals surface area contributed by atoms with Crippen molar-refractivity contribution in [2.45, 2.75) is 13.8 Å². The second-order valence-electron chi connectivity index (χ2n) is 0.577. The van der Waals surface area contributed by atoms with Crippen LogP contribution in [0.5, 0.6) is 0 Å². The van der Waals surface area contributed by atoms with Gasteiger partial charge in [-0.15, -0.1) is 0 Å². The summed E-state index contributed by atoms with van der Waals surface area (Å²) in [5, 5.41) is 0. The van der Waals surface area contributed by atoms with Gasteiger partial charge in [0.15, 0.2) is 0 Å². The average molecular weight is 118 g/mol. The molecule has 0 N–H and O–H groups in total. The maximum absolute atomic E-state index is 7.72. The molecule has 0 aliphatic rings. The van der Waals surface area contributed by atoms with Crippen LogP contribution in [-0.2, 0) is 0 Å². The SMILES string of the molecule is C[CH]C.[Na+].[O-]Cl. The van der Waals surface area contributed by atoms with Gasteiger partial charge in [-0.05, 0) is 6.42 Å². The minimum absolute atomic E-state index is 0. The first-order valence-corrected chi connectivity index (χ1v) is 1.62. The molecule has 0 spiro atoms. The van der Waals surface area contributed by atoms with E-state index in [9.17, 15) is 0 Å². The van der Waals surface area contributed by atoms with Crippen LogP contribution in [0.15, 0.2) is 0 Å². The molecule has 0 aliphatic carbocycles. The summed E-state index contributed by atoms with van der Waals surface area (Å²) in [7, 11) is 0. The normalized spacial score (nSPS) is 4.00. The molecular formula is C3H7ClNaO. The monoisotopic (exact) mass is 117 g/mol. The maximum atomic E-state index is 7.72. The fourth-order valence-electron chi connectivity index (χ4n) is 0. The largest absolute Gasteiger partial charge is 1.00 e. The maximum Gasteiger partial charge on any atom is 1.00 e. The van der Waals surface area contributed by atoms with Crippen LogP contribution in [0, 0.1) is 6.42 Å². The zero-order valence-electron chi connectivity index (χ0n) is 4.36. The first-order valence-electron chi connectivity index (χ1n) is 1.31. The summed E-state index contributed by atoms with van der Waals surface area (Å²) in [5.74, 6) is 0. The van der Waals surface area contributed by atoms with Crippen molar-refractivity contribution >= 4 is 11.9 Å². The smallest absolute Gasteiger partial charge is 0.769 e. The second kappa shape index (κ2) is 34.0. The van der Waals surface area contributed by atoms with E-state index < -0.39 is 0 Å². The van der Waals surface area contributed by atoms with Crippen molar-refractivity contribution < 1.29 is 34.2 Å². The summed E-state index contributed by atoms with van der Waals surface area (Å²) in [6.45, 7) is 4.00. The minimum Gasteiger partial charge on any atom is -0.769 e. The van der Waals surface area contributed by atoms with Gasteiger partial charge in [-0.2, -0.15) is 0 Å². The van der Waals surface area contributed by atoms with E-state index in [2.05, 4.69) is 11.9 Å². The van der Waals surface area contributed by atoms with Crippen molar-refractivity contribution in [1.29, 1.82) is 0 Å². The zero-order valence-corrected chi connectivity index (χ0v) is 7.12. The Morgan fingerprint density at radius 1 is 1.33 bits per heavy atom. The summed E-state index contributed by atoms with van der Waals surface area (Å²) in [6, 6.07) is 0. The van der Waals surface area contributed by atoms with Crippen molar-refractivity contribution in [3.05, 3.63) is 6.42 Å². The molecule has 0 heterocycles. The van der Waals surface area contributed by atoms with Gasteiger partial charge in [-0.1, -0.05) is 13.8 Å². The van der Waals surface area contributed by atoms with Gasteiger partial charge in [0.25, 0.3) is 0 Å². The third-order valence-corrected chi connectivity index (χ3v) is 0. The average Bonchev–Trinajstić information content (AvgIpc) is 1.46. The number of hydrogen-bond acceptors (Lipinski definition) is 1. The molecule has 0 fully saturated rings. The molecule has 0 saturated carbocycles. The van der Waals surface area contributed by atoms with Gasteiger partial charge in [0.2, 0.25) is 0 Å². The molecule has 1 radical (unpaired) electrons. The first kappa shape index (κ1) is 15.7. The van der Waals surface area contributed by atoms with Crippen LogP contribution in [0.4, 0.5) is 0 Å². The van der Waals surface area contributed by atoms with Crippen LogP contribution in [0.25, 0.3) is 0 Å². The van der Waals surface area contributed by atoms with E-state index in [4.69, 9.17) is 4.66 Å². The van der Waals surface area contributed by atoms with E-state index >= 15 is 0 Å². The van der Waals surface area contributed by atoms with Gasteiger partial charge in [0.05, 0.1) is 0 Å². The molecule has 1 nitrogen and oxygen atoms in total. The molecule has 0 aromatic rings. The summed E-state index contributed by atoms with van der Waals surface area (Å²) < 4.78 is 7.72. The molecule has 0 unspecified atom stereocenters. The molecule has 3 heteroatoms. The topological polar surface area (TPSA) is 23.1 Å². The van der Waals surface area contributed by atoms with Crippen LogP contribution in [0.2, 0.25) is 0 Å². The Morgan fingerprint density at radius 3 is 1.33 bits per heavy atom. The predicted octanol–water partition coefficient (Wildman–Crippen LogP) is -2.27. The van der Waals surface area contributed by atoms with Gasteiger partial charge >= 0.3 is 29.6 Å². The second-order valence-corrected chi connectivity index (χ2v) is 0.577.